The first-order chi connectivity index (χ1) is 12.6. The molecule has 0 aliphatic carbocycles. The number of rotatable bonds is 6. The first-order valence-corrected chi connectivity index (χ1v) is 9.88. The van der Waals surface area contributed by atoms with Crippen LogP contribution in [-0.4, -0.2) is 39.6 Å². The number of hydrogen-bond acceptors (Lipinski definition) is 5. The van der Waals surface area contributed by atoms with Crippen molar-refractivity contribution in [2.75, 3.05) is 24.2 Å². The van der Waals surface area contributed by atoms with E-state index in [1.807, 2.05) is 31.2 Å². The molecule has 6 nitrogen and oxygen atoms in total. The molecule has 2 aromatic rings. The quantitative estimate of drug-likeness (QED) is 0.602. The average Bonchev–Trinajstić information content (AvgIpc) is 2.63. The Hall–Kier alpha value is -2.12. The van der Waals surface area contributed by atoms with Crippen molar-refractivity contribution in [1.29, 1.82) is 0 Å². The Balaban J connectivity index is 1.62. The first kappa shape index (κ1) is 18.7. The summed E-state index contributed by atoms with van der Waals surface area (Å²) in [5.74, 6) is 0.0941. The van der Waals surface area contributed by atoms with E-state index in [2.05, 4.69) is 27.1 Å². The fourth-order valence-electron chi connectivity index (χ4n) is 3.07. The van der Waals surface area contributed by atoms with Crippen LogP contribution in [0.2, 0.25) is 0 Å². The summed E-state index contributed by atoms with van der Waals surface area (Å²) in [7, 11) is 0. The van der Waals surface area contributed by atoms with Crippen molar-refractivity contribution in [3.8, 4) is 0 Å². The van der Waals surface area contributed by atoms with Gasteiger partial charge in [0.25, 0.3) is 5.56 Å². The third-order valence-electron chi connectivity index (χ3n) is 4.42. The summed E-state index contributed by atoms with van der Waals surface area (Å²) >= 11 is 1.26. The molecule has 0 spiro atoms. The van der Waals surface area contributed by atoms with Crippen LogP contribution in [0.25, 0.3) is 0 Å². The summed E-state index contributed by atoms with van der Waals surface area (Å²) in [4.78, 5) is 34.2. The Labute approximate surface area is 157 Å². The number of aromatic nitrogens is 2. The van der Waals surface area contributed by atoms with Gasteiger partial charge in [0.05, 0.1) is 17.0 Å². The highest BCUT2D eigenvalue weighted by Gasteiger charge is 2.20. The minimum absolute atomic E-state index is 0.0855. The molecule has 2 heterocycles. The van der Waals surface area contributed by atoms with Crippen molar-refractivity contribution in [2.24, 2.45) is 0 Å². The second kappa shape index (κ2) is 8.51. The summed E-state index contributed by atoms with van der Waals surface area (Å²) in [6.45, 7) is 6.67. The van der Waals surface area contributed by atoms with E-state index in [9.17, 15) is 9.59 Å². The second-order valence-corrected chi connectivity index (χ2v) is 7.44. The number of hydrogen-bond donors (Lipinski definition) is 2. The predicted molar refractivity (Wildman–Crippen MR) is 105 cm³/mol. The van der Waals surface area contributed by atoms with Crippen molar-refractivity contribution in [3.63, 3.8) is 0 Å². The van der Waals surface area contributed by atoms with Crippen LogP contribution in [0.5, 0.6) is 0 Å². The third kappa shape index (κ3) is 4.53. The number of nitrogens with zero attached hydrogens (tertiary/aromatic N) is 2. The number of nitrogens with one attached hydrogen (secondary N) is 2. The molecule has 0 radical (unpaired) electrons. The lowest BCUT2D eigenvalue weighted by molar-refractivity contribution is -0.113. The van der Waals surface area contributed by atoms with Gasteiger partial charge >= 0.3 is 0 Å². The molecule has 2 N–H and O–H groups in total. The van der Waals surface area contributed by atoms with Crippen molar-refractivity contribution in [3.05, 3.63) is 51.4 Å². The largest absolute Gasteiger partial charge is 0.325 e. The lowest BCUT2D eigenvalue weighted by Gasteiger charge is -2.27. The highest BCUT2D eigenvalue weighted by atomic mass is 32.2. The van der Waals surface area contributed by atoms with Crippen molar-refractivity contribution in [1.82, 2.24) is 14.9 Å². The monoisotopic (exact) mass is 372 g/mol. The van der Waals surface area contributed by atoms with E-state index in [0.29, 0.717) is 11.7 Å². The first-order valence-electron chi connectivity index (χ1n) is 8.89. The molecule has 0 fully saturated rings. The highest BCUT2D eigenvalue weighted by molar-refractivity contribution is 7.99. The lowest BCUT2D eigenvalue weighted by Crippen LogP contribution is -2.36. The molecule has 138 valence electrons. The Morgan fingerprint density at radius 3 is 2.96 bits per heavy atom. The Morgan fingerprint density at radius 1 is 1.38 bits per heavy atom. The molecule has 7 heteroatoms. The minimum Gasteiger partial charge on any atom is -0.325 e. The van der Waals surface area contributed by atoms with Gasteiger partial charge in [-0.05, 0) is 31.5 Å². The molecule has 0 atom stereocenters. The number of para-hydroxylation sites is 1. The van der Waals surface area contributed by atoms with Gasteiger partial charge in [-0.1, -0.05) is 36.9 Å². The summed E-state index contributed by atoms with van der Waals surface area (Å²) < 4.78 is 0. The molecular weight excluding hydrogens is 348 g/mol. The minimum atomic E-state index is -0.112. The van der Waals surface area contributed by atoms with E-state index in [4.69, 9.17) is 0 Å². The second-order valence-electron chi connectivity index (χ2n) is 6.47. The number of aromatic amines is 1. The third-order valence-corrected chi connectivity index (χ3v) is 5.30. The molecule has 3 rings (SSSR count). The Kier molecular flexibility index (Phi) is 6.11. The maximum Gasteiger partial charge on any atom is 0.256 e. The predicted octanol–water partition coefficient (Wildman–Crippen LogP) is 2.58. The number of amides is 1. The van der Waals surface area contributed by atoms with E-state index < -0.39 is 0 Å². The number of anilines is 1. The molecule has 0 saturated heterocycles. The summed E-state index contributed by atoms with van der Waals surface area (Å²) in [5, 5.41) is 3.40. The number of carbonyl (C=O) groups is 1. The standard InChI is InChI=1S/C19H24N4O2S/c1-3-9-23-10-8-16-14(11-23)18(25)22-19(21-16)26-12-17(24)20-15-7-5-4-6-13(15)2/h4-7H,3,8-12H2,1-2H3,(H,20,24)(H,21,22,25). The Bertz CT molecular complexity index is 850. The van der Waals surface area contributed by atoms with Crippen LogP contribution in [-0.2, 0) is 17.8 Å². The van der Waals surface area contributed by atoms with Gasteiger partial charge in [-0.15, -0.1) is 0 Å². The number of thioether (sulfide) groups is 1. The molecule has 26 heavy (non-hydrogen) atoms. The van der Waals surface area contributed by atoms with Gasteiger partial charge in [-0.3, -0.25) is 14.5 Å². The van der Waals surface area contributed by atoms with Gasteiger partial charge in [0.1, 0.15) is 0 Å². The summed E-state index contributed by atoms with van der Waals surface area (Å²) in [6, 6.07) is 7.65. The van der Waals surface area contributed by atoms with Gasteiger partial charge < -0.3 is 10.3 Å². The van der Waals surface area contributed by atoms with Gasteiger partial charge in [0.2, 0.25) is 5.91 Å². The molecule has 1 aromatic heterocycles. The molecule has 0 unspecified atom stereocenters. The zero-order chi connectivity index (χ0) is 18.5. The maximum atomic E-state index is 12.4. The molecule has 1 aromatic carbocycles. The van der Waals surface area contributed by atoms with Gasteiger partial charge in [0, 0.05) is 25.2 Å². The summed E-state index contributed by atoms with van der Waals surface area (Å²) in [6.07, 6.45) is 1.85. The topological polar surface area (TPSA) is 78.1 Å². The van der Waals surface area contributed by atoms with Crippen LogP contribution < -0.4 is 10.9 Å². The van der Waals surface area contributed by atoms with Gasteiger partial charge in [-0.2, -0.15) is 0 Å². The van der Waals surface area contributed by atoms with E-state index >= 15 is 0 Å². The van der Waals surface area contributed by atoms with E-state index in [-0.39, 0.29) is 17.2 Å². The van der Waals surface area contributed by atoms with E-state index in [1.165, 1.54) is 11.8 Å². The molecule has 0 saturated carbocycles. The SMILES string of the molecule is CCCN1CCc2nc(SCC(=O)Nc3ccccc3C)[nH]c(=O)c2C1. The van der Waals surface area contributed by atoms with Crippen LogP contribution in [0.3, 0.4) is 0 Å². The van der Waals surface area contributed by atoms with Crippen molar-refractivity contribution >= 4 is 23.4 Å². The maximum absolute atomic E-state index is 12.4. The van der Waals surface area contributed by atoms with Gasteiger partial charge in [-0.25, -0.2) is 4.98 Å². The molecule has 1 aliphatic rings. The van der Waals surface area contributed by atoms with Gasteiger partial charge in [0.15, 0.2) is 5.16 Å². The number of H-pyrrole nitrogens is 1. The average molecular weight is 372 g/mol. The van der Waals surface area contributed by atoms with Crippen LogP contribution in [0.4, 0.5) is 5.69 Å². The number of carbonyl (C=O) groups excluding carboxylic acids is 1. The normalized spacial score (nSPS) is 14.1. The Morgan fingerprint density at radius 2 is 2.19 bits per heavy atom. The smallest absolute Gasteiger partial charge is 0.256 e. The molecule has 1 aliphatic heterocycles. The van der Waals surface area contributed by atoms with Crippen molar-refractivity contribution < 1.29 is 4.79 Å². The zero-order valence-corrected chi connectivity index (χ0v) is 16.0. The molecular formula is C19H24N4O2S. The fourth-order valence-corrected chi connectivity index (χ4v) is 3.75. The highest BCUT2D eigenvalue weighted by Crippen LogP contribution is 2.19. The van der Waals surface area contributed by atoms with E-state index in [1.54, 1.807) is 0 Å². The number of fused-ring (bicyclic) bond motifs is 1. The van der Waals surface area contributed by atoms with Crippen LogP contribution in [0.15, 0.2) is 34.2 Å². The van der Waals surface area contributed by atoms with Crippen LogP contribution in [0.1, 0.15) is 30.2 Å². The van der Waals surface area contributed by atoms with E-state index in [0.717, 1.165) is 48.4 Å². The summed E-state index contributed by atoms with van der Waals surface area (Å²) in [5.41, 5.74) is 3.36. The van der Waals surface area contributed by atoms with Crippen molar-refractivity contribution in [2.45, 2.75) is 38.4 Å². The molecule has 1 amide bonds. The number of aryl methyl sites for hydroxylation is 1. The van der Waals surface area contributed by atoms with Crippen LogP contribution in [0, 0.1) is 6.92 Å². The number of benzene rings is 1. The molecule has 0 bridgehead atoms. The fraction of sp³-hybridized carbons (Fsp3) is 0.421. The van der Waals surface area contributed by atoms with Crippen LogP contribution >= 0.6 is 11.8 Å². The zero-order valence-electron chi connectivity index (χ0n) is 15.2. The lowest BCUT2D eigenvalue weighted by atomic mass is 10.1.